The quantitative estimate of drug-likeness (QED) is 0.279. The maximum absolute atomic E-state index is 13.2. The van der Waals surface area contributed by atoms with Crippen LogP contribution in [0.5, 0.6) is 0 Å². The van der Waals surface area contributed by atoms with E-state index in [1.54, 1.807) is 18.2 Å². The lowest BCUT2D eigenvalue weighted by atomic mass is 10.1. The van der Waals surface area contributed by atoms with E-state index in [0.717, 1.165) is 23.8 Å². The molecule has 1 aromatic heterocycles. The van der Waals surface area contributed by atoms with Gasteiger partial charge in [-0.05, 0) is 24.5 Å². The summed E-state index contributed by atoms with van der Waals surface area (Å²) >= 11 is 0. The van der Waals surface area contributed by atoms with Crippen LogP contribution in [0.4, 0.5) is 26.3 Å². The summed E-state index contributed by atoms with van der Waals surface area (Å²) in [6.07, 6.45) is 2.05. The van der Waals surface area contributed by atoms with Crippen molar-refractivity contribution in [2.75, 3.05) is 0 Å². The first-order valence-electron chi connectivity index (χ1n) is 7.39. The molecule has 26 heavy (non-hydrogen) atoms. The molecule has 1 heterocycles. The maximum atomic E-state index is 13.2. The summed E-state index contributed by atoms with van der Waals surface area (Å²) < 4.78 is 99.0. The molecule has 2 rings (SSSR count). The molecule has 0 fully saturated rings. The molecule has 0 spiro atoms. The summed E-state index contributed by atoms with van der Waals surface area (Å²) in [7, 11) is -7.80. The van der Waals surface area contributed by atoms with Crippen molar-refractivity contribution < 1.29 is 39.3 Å². The van der Waals surface area contributed by atoms with Crippen molar-refractivity contribution in [2.45, 2.75) is 44.1 Å². The average molecular weight is 422 g/mol. The number of aryl methyl sites for hydroxylation is 2. The smallest absolute Gasteiger partial charge is 0.600 e. The summed E-state index contributed by atoms with van der Waals surface area (Å²) in [6, 6.07) is 7.06. The van der Waals surface area contributed by atoms with Gasteiger partial charge in [-0.15, -0.1) is 13.2 Å². The van der Waals surface area contributed by atoms with Crippen LogP contribution in [-0.4, -0.2) is 18.5 Å². The van der Waals surface area contributed by atoms with Gasteiger partial charge in [-0.1, -0.05) is 26.0 Å². The second-order valence-electron chi connectivity index (χ2n) is 5.19. The number of rotatable bonds is 3. The van der Waals surface area contributed by atoms with Crippen molar-refractivity contribution in [3.63, 3.8) is 0 Å². The summed E-state index contributed by atoms with van der Waals surface area (Å²) in [5, 5.41) is 0.809. The topological polar surface area (TPSA) is 57.2 Å². The highest BCUT2D eigenvalue weighted by Gasteiger charge is 2.47. The van der Waals surface area contributed by atoms with E-state index in [1.807, 2.05) is 19.9 Å². The van der Waals surface area contributed by atoms with Gasteiger partial charge in [0.25, 0.3) is 0 Å². The molecular weight excluding hydrogens is 406 g/mol. The summed E-state index contributed by atoms with van der Waals surface area (Å²) in [4.78, 5) is 0.543. The van der Waals surface area contributed by atoms with E-state index in [2.05, 4.69) is 0 Å². The fraction of sp³-hybridized carbons (Fsp3) is 0.467. The Hall–Kier alpha value is -1.33. The molecule has 0 aliphatic heterocycles. The lowest BCUT2D eigenvalue weighted by molar-refractivity contribution is -0.0867. The Morgan fingerprint density at radius 3 is 2.00 bits per heavy atom. The van der Waals surface area contributed by atoms with Crippen molar-refractivity contribution in [1.29, 1.82) is 0 Å². The highest BCUT2D eigenvalue weighted by atomic mass is 32.2. The fourth-order valence-corrected chi connectivity index (χ4v) is 4.39. The number of benzene rings is 1. The van der Waals surface area contributed by atoms with Gasteiger partial charge in [0.05, 0.1) is 10.5 Å². The highest BCUT2D eigenvalue weighted by Crippen LogP contribution is 2.51. The van der Waals surface area contributed by atoms with Crippen LogP contribution in [0.2, 0.25) is 0 Å². The lowest BCUT2D eigenvalue weighted by Crippen LogP contribution is -2.21. The second-order valence-corrected chi connectivity index (χ2v) is 8.61. The molecular formula is C15H16F6O3S2. The number of hydrogen-bond acceptors (Lipinski definition) is 3. The van der Waals surface area contributed by atoms with Crippen LogP contribution in [0.1, 0.15) is 30.7 Å². The van der Waals surface area contributed by atoms with Crippen molar-refractivity contribution in [1.82, 2.24) is 0 Å². The van der Waals surface area contributed by atoms with Gasteiger partial charge < -0.3 is 4.55 Å². The van der Waals surface area contributed by atoms with Gasteiger partial charge >= 0.3 is 11.0 Å². The van der Waals surface area contributed by atoms with Crippen LogP contribution in [0, 0.1) is 0 Å². The van der Waals surface area contributed by atoms with Crippen LogP contribution < -0.4 is 0 Å². The third-order valence-corrected chi connectivity index (χ3v) is 6.01. The van der Waals surface area contributed by atoms with Gasteiger partial charge in [0.15, 0.2) is 19.7 Å². The van der Waals surface area contributed by atoms with Crippen molar-refractivity contribution in [3.8, 4) is 0 Å². The number of halogens is 6. The van der Waals surface area contributed by atoms with Gasteiger partial charge in [-0.25, -0.2) is 8.42 Å². The first kappa shape index (κ1) is 22.7. The average Bonchev–Trinajstić information content (AvgIpc) is 2.84. The third kappa shape index (κ3) is 5.34. The summed E-state index contributed by atoms with van der Waals surface area (Å²) in [5.41, 5.74) is -8.79. The molecule has 2 aromatic rings. The predicted molar refractivity (Wildman–Crippen MR) is 86.9 cm³/mol. The normalized spacial score (nSPS) is 13.5. The van der Waals surface area contributed by atoms with Gasteiger partial charge in [0.2, 0.25) is 0 Å². The second kappa shape index (κ2) is 8.13. The zero-order chi connectivity index (χ0) is 20.3. The minimum Gasteiger partial charge on any atom is -0.741 e. The molecule has 0 aliphatic rings. The molecule has 0 aliphatic carbocycles. The van der Waals surface area contributed by atoms with E-state index in [-0.39, 0.29) is 0 Å². The molecule has 0 saturated carbocycles. The molecule has 1 aromatic carbocycles. The van der Waals surface area contributed by atoms with Crippen LogP contribution in [0.25, 0.3) is 10.1 Å². The highest BCUT2D eigenvalue weighted by molar-refractivity contribution is 7.86. The van der Waals surface area contributed by atoms with Crippen LogP contribution in [0.3, 0.4) is 0 Å². The molecule has 0 amide bonds. The van der Waals surface area contributed by atoms with E-state index >= 15 is 0 Å². The Bertz CT molecular complexity index is 851. The maximum Gasteiger partial charge on any atom is 0.600 e. The van der Waals surface area contributed by atoms with Crippen LogP contribution in [0.15, 0.2) is 24.3 Å². The van der Waals surface area contributed by atoms with E-state index in [9.17, 15) is 26.3 Å². The monoisotopic (exact) mass is 422 g/mol. The first-order valence-corrected chi connectivity index (χ1v) is 10.0. The van der Waals surface area contributed by atoms with E-state index in [1.165, 1.54) is 0 Å². The van der Waals surface area contributed by atoms with Gasteiger partial charge in [0, 0.05) is 17.9 Å². The van der Waals surface area contributed by atoms with Crippen molar-refractivity contribution >= 4 is 30.7 Å². The van der Waals surface area contributed by atoms with E-state index in [4.69, 9.17) is 13.0 Å². The Kier molecular flexibility index (Phi) is 7.11. The Morgan fingerprint density at radius 2 is 1.62 bits per heavy atom. The molecule has 11 heteroatoms. The third-order valence-electron chi connectivity index (χ3n) is 3.34. The molecule has 1 unspecified atom stereocenters. The summed E-state index contributed by atoms with van der Waals surface area (Å²) in [6.45, 7) is 3.90. The molecule has 0 N–H and O–H groups in total. The zero-order valence-electron chi connectivity index (χ0n) is 13.7. The van der Waals surface area contributed by atoms with Crippen molar-refractivity contribution in [2.24, 2.45) is 0 Å². The van der Waals surface area contributed by atoms with E-state index in [0.29, 0.717) is 16.0 Å². The molecule has 0 radical (unpaired) electrons. The summed E-state index contributed by atoms with van der Waals surface area (Å²) in [5.74, 6) is 0. The molecule has 0 bridgehead atoms. The molecule has 1 atom stereocenters. The fourth-order valence-electron chi connectivity index (χ4n) is 2.29. The van der Waals surface area contributed by atoms with Gasteiger partial charge in [-0.2, -0.15) is 13.2 Å². The number of alkyl halides is 6. The van der Waals surface area contributed by atoms with Crippen LogP contribution >= 0.6 is 10.5 Å². The SMILES string of the molecule is CCCc1cc2c(CC)cccc2[s+]1C(F)(F)F.O=S(=O)([O-])C(F)(F)F. The van der Waals surface area contributed by atoms with Crippen LogP contribution in [-0.2, 0) is 28.5 Å². The molecule has 0 saturated heterocycles. The van der Waals surface area contributed by atoms with E-state index < -0.39 is 31.6 Å². The van der Waals surface area contributed by atoms with Gasteiger partial charge in [-0.3, -0.25) is 0 Å². The Labute approximate surface area is 149 Å². The zero-order valence-corrected chi connectivity index (χ0v) is 15.4. The Balaban J connectivity index is 0.000000359. The number of fused-ring (bicyclic) bond motifs is 1. The minimum atomic E-state index is -6.09. The standard InChI is InChI=1S/C14H16F3S.CHF3O3S/c1-3-6-11-9-12-10(4-2)7-5-8-13(12)18(11)14(15,16)17;2-1(3,4)8(5,6)7/h5,7-9H,3-4,6H2,1-2H3;(H,5,6,7)/q+1;/p-1. The molecule has 3 nitrogen and oxygen atoms in total. The minimum absolute atomic E-state index is 0.463. The molecule has 148 valence electrons. The largest absolute Gasteiger partial charge is 0.741 e. The lowest BCUT2D eigenvalue weighted by Gasteiger charge is -2.08. The van der Waals surface area contributed by atoms with Crippen molar-refractivity contribution in [3.05, 3.63) is 34.7 Å². The predicted octanol–water partition coefficient (Wildman–Crippen LogP) is 5.63. The number of hydrogen-bond donors (Lipinski definition) is 0. The van der Waals surface area contributed by atoms with Gasteiger partial charge in [0.1, 0.15) is 0 Å². The number of thiophene rings is 1. The first-order chi connectivity index (χ1) is 11.7. The Morgan fingerprint density at radius 1 is 1.08 bits per heavy atom.